The molecule has 0 aromatic carbocycles. The molecule has 0 amide bonds. The first-order valence-electron chi connectivity index (χ1n) is 9.94. The number of hydrogen-bond donors (Lipinski definition) is 0. The van der Waals surface area contributed by atoms with E-state index in [1.165, 1.54) is 0 Å². The quantitative estimate of drug-likeness (QED) is 0.142. The van der Waals surface area contributed by atoms with Crippen molar-refractivity contribution in [1.29, 1.82) is 0 Å². The van der Waals surface area contributed by atoms with Gasteiger partial charge in [0, 0.05) is 0 Å². The molecule has 0 rings (SSSR count). The average Bonchev–Trinajstić information content (AvgIpc) is 2.86. The van der Waals surface area contributed by atoms with Gasteiger partial charge in [-0.15, -0.1) is 0 Å². The van der Waals surface area contributed by atoms with Crippen LogP contribution in [0, 0.1) is 0 Å². The lowest BCUT2D eigenvalue weighted by Crippen LogP contribution is -2.75. The molecule has 0 saturated heterocycles. The summed E-state index contributed by atoms with van der Waals surface area (Å²) in [7, 11) is 0. The van der Waals surface area contributed by atoms with Gasteiger partial charge in [0.1, 0.15) is 0 Å². The molecule has 0 aliphatic heterocycles. The van der Waals surface area contributed by atoms with Gasteiger partial charge in [-0.05, 0) is 0 Å². The molecule has 47 heavy (non-hydrogen) atoms. The molecule has 0 atom stereocenters. The van der Waals surface area contributed by atoms with E-state index in [9.17, 15) is 132 Å². The zero-order chi connectivity index (χ0) is 39.1. The molecule has 1 nitrogen and oxygen atoms in total. The Hall–Kier alpha value is -2.14. The zero-order valence-electron chi connectivity index (χ0n) is 20.2. The van der Waals surface area contributed by atoms with Gasteiger partial charge in [0.05, 0.1) is 0 Å². The second-order valence-corrected chi connectivity index (χ2v) is 8.56. The molecule has 0 aliphatic rings. The number of hydrogen-bond acceptors (Lipinski definition) is 1. The van der Waals surface area contributed by atoms with Gasteiger partial charge in [-0.3, -0.25) is 0 Å². The van der Waals surface area contributed by atoms with Crippen LogP contribution in [-0.2, 0) is 4.74 Å². The summed E-state index contributed by atoms with van der Waals surface area (Å²) in [6.45, 7) is -8.58. The molecule has 0 radical (unpaired) electrons. The van der Waals surface area contributed by atoms with Crippen LogP contribution in [-0.4, -0.2) is 96.6 Å². The van der Waals surface area contributed by atoms with Gasteiger partial charge in [0.25, 0.3) is 0 Å². The number of rotatable bonds is 16. The zero-order valence-corrected chi connectivity index (χ0v) is 20.2. The molecule has 0 bridgehead atoms. The third-order valence-corrected chi connectivity index (χ3v) is 5.40. The van der Waals surface area contributed by atoms with Crippen LogP contribution in [0.15, 0.2) is 0 Å². The van der Waals surface area contributed by atoms with Crippen LogP contribution in [0.4, 0.5) is 132 Å². The fraction of sp³-hybridized carbons (Fsp3) is 1.00. The fourth-order valence-corrected chi connectivity index (χ4v) is 2.46. The summed E-state index contributed by atoms with van der Waals surface area (Å²) in [5.41, 5.74) is 0. The molecule has 0 aromatic rings. The molecule has 0 fully saturated rings. The lowest BCUT2D eigenvalue weighted by atomic mass is 9.90. The van der Waals surface area contributed by atoms with E-state index in [4.69, 9.17) is 0 Å². The Bertz CT molecular complexity index is 1030. The normalized spacial score (nSPS) is 17.0. The van der Waals surface area contributed by atoms with Gasteiger partial charge in [-0.2, -0.15) is 123 Å². The van der Waals surface area contributed by atoms with E-state index >= 15 is 0 Å². The predicted molar refractivity (Wildman–Crippen MR) is 82.3 cm³/mol. The topological polar surface area (TPSA) is 9.23 Å². The van der Waals surface area contributed by atoms with Crippen LogP contribution in [0.5, 0.6) is 0 Å². The third kappa shape index (κ3) is 5.53. The minimum Gasteiger partial charge on any atom is -0.245 e. The highest BCUT2D eigenvalue weighted by Crippen LogP contribution is 2.65. The highest BCUT2D eigenvalue weighted by molar-refractivity contribution is 5.15. The predicted octanol–water partition coefficient (Wildman–Crippen LogP) is 9.75. The van der Waals surface area contributed by atoms with E-state index in [1.807, 2.05) is 0 Å². The average molecular weight is 782 g/mol. The van der Waals surface area contributed by atoms with E-state index in [0.29, 0.717) is 4.74 Å². The summed E-state index contributed by atoms with van der Waals surface area (Å²) < 4.78 is 396. The Kier molecular flexibility index (Phi) is 10.7. The van der Waals surface area contributed by atoms with Gasteiger partial charge >= 0.3 is 83.3 Å². The Morgan fingerprint density at radius 2 is 0.383 bits per heavy atom. The van der Waals surface area contributed by atoms with Crippen molar-refractivity contribution in [2.45, 2.75) is 83.3 Å². The van der Waals surface area contributed by atoms with E-state index < -0.39 is 96.6 Å². The minimum atomic E-state index is -9.42. The number of halogens is 30. The van der Waals surface area contributed by atoms with Crippen molar-refractivity contribution in [3.8, 4) is 0 Å². The third-order valence-electron chi connectivity index (χ3n) is 5.40. The van der Waals surface area contributed by atoms with Crippen LogP contribution in [0.3, 0.4) is 0 Å². The summed E-state index contributed by atoms with van der Waals surface area (Å²) in [6, 6.07) is 0. The van der Waals surface area contributed by atoms with E-state index in [-0.39, 0.29) is 0 Å². The minimum absolute atomic E-state index is 0.617. The molecule has 0 unspecified atom stereocenters. The van der Waals surface area contributed by atoms with Crippen LogP contribution < -0.4 is 0 Å². The van der Waals surface area contributed by atoms with Crippen LogP contribution in [0.25, 0.3) is 0 Å². The number of ether oxygens (including phenoxy) is 1. The standard InChI is InChI=1S/C16H4F30O/c17-1-3(19,20)5(23,24)7(27,28)9(31,32)11(35,36)13(39,40)15(43,44)47-16(45,46)14(41,42)12(37,38)10(33,34)8(29,30)6(25,26)4(21,22)2-18/h1-2H2. The molecule has 0 spiro atoms. The van der Waals surface area contributed by atoms with Gasteiger partial charge in [-0.25, -0.2) is 13.5 Å². The molecule has 0 aromatic heterocycles. The Labute approximate surface area is 234 Å². The van der Waals surface area contributed by atoms with Crippen molar-refractivity contribution in [2.75, 3.05) is 13.3 Å². The lowest BCUT2D eigenvalue weighted by Gasteiger charge is -2.44. The maximum absolute atomic E-state index is 13.5. The highest BCUT2D eigenvalue weighted by Gasteiger charge is 2.96. The van der Waals surface area contributed by atoms with Gasteiger partial charge < -0.3 is 0 Å². The van der Waals surface area contributed by atoms with E-state index in [2.05, 4.69) is 0 Å². The second kappa shape index (κ2) is 11.2. The second-order valence-electron chi connectivity index (χ2n) is 8.56. The van der Waals surface area contributed by atoms with Gasteiger partial charge in [0.2, 0.25) is 0 Å². The molecule has 284 valence electrons. The lowest BCUT2D eigenvalue weighted by molar-refractivity contribution is -0.528. The van der Waals surface area contributed by atoms with Crippen molar-refractivity contribution in [3.63, 3.8) is 0 Å². The number of alkyl halides is 30. The van der Waals surface area contributed by atoms with E-state index in [1.54, 1.807) is 0 Å². The Morgan fingerprint density at radius 3 is 0.553 bits per heavy atom. The molecular formula is C16H4F30O. The van der Waals surface area contributed by atoms with Crippen molar-refractivity contribution in [3.05, 3.63) is 0 Å². The van der Waals surface area contributed by atoms with Crippen molar-refractivity contribution < 1.29 is 136 Å². The summed E-state index contributed by atoms with van der Waals surface area (Å²) in [5, 5.41) is 0. The van der Waals surface area contributed by atoms with Crippen molar-refractivity contribution in [2.24, 2.45) is 0 Å². The summed E-state index contributed by atoms with van der Waals surface area (Å²) in [6.07, 6.45) is -18.3. The fourth-order valence-electron chi connectivity index (χ4n) is 2.46. The first-order valence-corrected chi connectivity index (χ1v) is 9.94. The molecule has 0 N–H and O–H groups in total. The SMILES string of the molecule is FCC(F)(F)C(F)(F)C(F)(F)C(F)(F)C(F)(F)C(F)(F)C(F)(F)OC(F)(F)C(F)(F)C(F)(F)C(F)(F)C(F)(F)C(F)(F)C(F)(F)CF. The highest BCUT2D eigenvalue weighted by atomic mass is 19.4. The van der Waals surface area contributed by atoms with E-state index in [0.717, 1.165) is 0 Å². The smallest absolute Gasteiger partial charge is 0.245 e. The first kappa shape index (κ1) is 44.9. The molecule has 31 heteroatoms. The molecule has 0 saturated carbocycles. The van der Waals surface area contributed by atoms with Crippen molar-refractivity contribution in [1.82, 2.24) is 0 Å². The maximum Gasteiger partial charge on any atom is 0.430 e. The largest absolute Gasteiger partial charge is 0.430 e. The van der Waals surface area contributed by atoms with Crippen molar-refractivity contribution >= 4 is 0 Å². The van der Waals surface area contributed by atoms with Gasteiger partial charge in [-0.1, -0.05) is 0 Å². The maximum atomic E-state index is 13.5. The van der Waals surface area contributed by atoms with Gasteiger partial charge in [0.15, 0.2) is 13.3 Å². The summed E-state index contributed by atoms with van der Waals surface area (Å²) >= 11 is 0. The first-order chi connectivity index (χ1) is 19.8. The van der Waals surface area contributed by atoms with Crippen LogP contribution >= 0.6 is 0 Å². The monoisotopic (exact) mass is 782 g/mol. The Balaban J connectivity index is 7.20. The molecular weight excluding hydrogens is 778 g/mol. The van der Waals surface area contributed by atoms with Crippen LogP contribution in [0.2, 0.25) is 0 Å². The summed E-state index contributed by atoms with van der Waals surface area (Å²) in [4.78, 5) is 0. The molecule has 0 aliphatic carbocycles. The summed E-state index contributed by atoms with van der Waals surface area (Å²) in [5.74, 6) is -106. The molecule has 0 heterocycles. The van der Waals surface area contributed by atoms with Crippen LogP contribution in [0.1, 0.15) is 0 Å². The Morgan fingerprint density at radius 1 is 0.234 bits per heavy atom.